The van der Waals surface area contributed by atoms with Crippen LogP contribution in [0.4, 0.5) is 10.2 Å². The Hall–Kier alpha value is -3.00. The van der Waals surface area contributed by atoms with Crippen molar-refractivity contribution in [1.82, 2.24) is 24.6 Å². The zero-order valence-corrected chi connectivity index (χ0v) is 16.4. The third kappa shape index (κ3) is 2.95. The molecule has 4 atom stereocenters. The van der Waals surface area contributed by atoms with Crippen molar-refractivity contribution in [3.8, 4) is 22.7 Å². The van der Waals surface area contributed by atoms with E-state index in [1.54, 1.807) is 24.7 Å². The number of phenols is 1. The van der Waals surface area contributed by atoms with Gasteiger partial charge in [0.05, 0.1) is 23.8 Å². The summed E-state index contributed by atoms with van der Waals surface area (Å²) in [5.41, 5.74) is 1.98. The first-order valence-corrected chi connectivity index (χ1v) is 9.75. The van der Waals surface area contributed by atoms with Gasteiger partial charge in [0.1, 0.15) is 11.9 Å². The van der Waals surface area contributed by atoms with Gasteiger partial charge >= 0.3 is 0 Å². The van der Waals surface area contributed by atoms with Crippen LogP contribution in [0.1, 0.15) is 6.42 Å². The maximum Gasteiger partial charge on any atom is 0.151 e. The molecule has 3 aromatic rings. The number of fused-ring (bicyclic) bond motifs is 2. The fourth-order valence-corrected chi connectivity index (χ4v) is 4.83. The number of hydrogen-bond donors (Lipinski definition) is 1. The maximum atomic E-state index is 14.9. The second-order valence-electron chi connectivity index (χ2n) is 8.00. The third-order valence-corrected chi connectivity index (χ3v) is 6.33. The van der Waals surface area contributed by atoms with E-state index < -0.39 is 6.17 Å². The summed E-state index contributed by atoms with van der Waals surface area (Å²) >= 11 is 0. The van der Waals surface area contributed by atoms with Crippen molar-refractivity contribution in [2.45, 2.75) is 24.7 Å². The van der Waals surface area contributed by atoms with Crippen molar-refractivity contribution >= 4 is 5.82 Å². The molecule has 0 spiro atoms. The quantitative estimate of drug-likeness (QED) is 0.733. The number of aromatic hydroxyl groups is 1. The SMILES string of the molecule is CN1C[C@H]2C[C@@H]1[C@H](F)[C@@H]2N(C)c1ccc(-c2ccc(-n3ccnc3)cc2O)nn1. The number of likely N-dealkylation sites (tertiary alicyclic amines) is 1. The van der Waals surface area contributed by atoms with Crippen molar-refractivity contribution in [1.29, 1.82) is 0 Å². The predicted molar refractivity (Wildman–Crippen MR) is 108 cm³/mol. The smallest absolute Gasteiger partial charge is 0.151 e. The predicted octanol–water partition coefficient (Wildman–Crippen LogP) is 2.51. The van der Waals surface area contributed by atoms with Gasteiger partial charge in [0.15, 0.2) is 5.82 Å². The minimum atomic E-state index is -0.884. The van der Waals surface area contributed by atoms with Crippen LogP contribution in [-0.4, -0.2) is 68.7 Å². The summed E-state index contributed by atoms with van der Waals surface area (Å²) < 4.78 is 16.7. The second-order valence-corrected chi connectivity index (χ2v) is 8.00. The van der Waals surface area contributed by atoms with E-state index in [4.69, 9.17) is 0 Å². The number of phenolic OH excluding ortho intramolecular Hbond substituents is 1. The molecule has 8 heteroatoms. The Labute approximate surface area is 168 Å². The van der Waals surface area contributed by atoms with E-state index in [1.807, 2.05) is 48.0 Å². The standard InChI is InChI=1S/C21H23FN6O/c1-26-11-13-9-17(26)20(22)21(13)27(2)19-6-5-16(24-25-19)15-4-3-14(10-18(15)29)28-8-7-23-12-28/h3-8,10,12-13,17,20-21,29H,9,11H2,1-2H3/t13-,17-,20+,21-/m1/s1. The first kappa shape index (κ1) is 18.1. The van der Waals surface area contributed by atoms with Crippen LogP contribution in [0.5, 0.6) is 5.75 Å². The van der Waals surface area contributed by atoms with Crippen molar-refractivity contribution in [2.24, 2.45) is 5.92 Å². The minimum absolute atomic E-state index is 0.00522. The molecule has 1 N–H and O–H groups in total. The summed E-state index contributed by atoms with van der Waals surface area (Å²) in [5.74, 6) is 1.07. The minimum Gasteiger partial charge on any atom is -0.507 e. The van der Waals surface area contributed by atoms with Crippen molar-refractivity contribution in [3.05, 3.63) is 49.1 Å². The molecular formula is C21H23FN6O. The molecule has 3 heterocycles. The Morgan fingerprint density at radius 3 is 2.69 bits per heavy atom. The number of piperidine rings is 1. The molecule has 0 unspecified atom stereocenters. The number of rotatable bonds is 4. The molecule has 7 nitrogen and oxygen atoms in total. The fourth-order valence-electron chi connectivity index (χ4n) is 4.83. The highest BCUT2D eigenvalue weighted by molar-refractivity contribution is 5.69. The van der Waals surface area contributed by atoms with E-state index in [0.29, 0.717) is 23.0 Å². The number of anilines is 1. The first-order valence-electron chi connectivity index (χ1n) is 9.75. The van der Waals surface area contributed by atoms with E-state index in [2.05, 4.69) is 20.1 Å². The highest BCUT2D eigenvalue weighted by atomic mass is 19.1. The molecule has 1 aliphatic heterocycles. The largest absolute Gasteiger partial charge is 0.507 e. The van der Waals surface area contributed by atoms with Crippen LogP contribution < -0.4 is 4.90 Å². The number of aromatic nitrogens is 4. The molecule has 0 radical (unpaired) electrons. The summed E-state index contributed by atoms with van der Waals surface area (Å²) in [5, 5.41) is 19.1. The second kappa shape index (κ2) is 6.81. The first-order chi connectivity index (χ1) is 14.0. The summed E-state index contributed by atoms with van der Waals surface area (Å²) in [4.78, 5) is 8.05. The van der Waals surface area contributed by atoms with E-state index in [9.17, 15) is 9.50 Å². The van der Waals surface area contributed by atoms with Crippen LogP contribution in [-0.2, 0) is 0 Å². The summed E-state index contributed by atoms with van der Waals surface area (Å²) in [6.07, 6.45) is 5.18. The molecule has 2 fully saturated rings. The van der Waals surface area contributed by atoms with Crippen LogP contribution in [0.25, 0.3) is 16.9 Å². The number of hydrogen-bond acceptors (Lipinski definition) is 6. The maximum absolute atomic E-state index is 14.9. The lowest BCUT2D eigenvalue weighted by Crippen LogP contribution is -2.51. The van der Waals surface area contributed by atoms with Crippen molar-refractivity contribution in [3.63, 3.8) is 0 Å². The number of alkyl halides is 1. The van der Waals surface area contributed by atoms with Crippen LogP contribution in [0.15, 0.2) is 49.1 Å². The molecule has 0 amide bonds. The Bertz CT molecular complexity index is 1010. The lowest BCUT2D eigenvalue weighted by molar-refractivity contribution is 0.126. The Morgan fingerprint density at radius 2 is 2.07 bits per heavy atom. The molecule has 150 valence electrons. The molecule has 2 aliphatic rings. The van der Waals surface area contributed by atoms with Gasteiger partial charge in [-0.05, 0) is 43.7 Å². The number of imidazole rings is 1. The number of nitrogens with zero attached hydrogens (tertiary/aromatic N) is 6. The zero-order valence-electron chi connectivity index (χ0n) is 16.4. The van der Waals surface area contributed by atoms with Gasteiger partial charge in [-0.2, -0.15) is 0 Å². The highest BCUT2D eigenvalue weighted by Crippen LogP contribution is 2.42. The summed E-state index contributed by atoms with van der Waals surface area (Å²) in [7, 11) is 3.88. The van der Waals surface area contributed by atoms with Crippen LogP contribution in [0, 0.1) is 5.92 Å². The molecule has 2 aromatic heterocycles. The molecule has 1 saturated heterocycles. The van der Waals surface area contributed by atoms with E-state index in [-0.39, 0.29) is 17.8 Å². The highest BCUT2D eigenvalue weighted by Gasteiger charge is 2.52. The average molecular weight is 394 g/mol. The van der Waals surface area contributed by atoms with Crippen LogP contribution in [0.3, 0.4) is 0 Å². The Morgan fingerprint density at radius 1 is 1.21 bits per heavy atom. The van der Waals surface area contributed by atoms with Gasteiger partial charge in [-0.15, -0.1) is 10.2 Å². The van der Waals surface area contributed by atoms with Crippen LogP contribution in [0.2, 0.25) is 0 Å². The van der Waals surface area contributed by atoms with Crippen molar-refractivity contribution in [2.75, 3.05) is 25.5 Å². The molecule has 1 aromatic carbocycles. The Balaban J connectivity index is 1.37. The van der Waals surface area contributed by atoms with Gasteiger partial charge in [0.2, 0.25) is 0 Å². The topological polar surface area (TPSA) is 70.3 Å². The molecular weight excluding hydrogens is 371 g/mol. The molecule has 29 heavy (non-hydrogen) atoms. The molecule has 5 rings (SSSR count). The molecule has 1 aliphatic carbocycles. The van der Waals surface area contributed by atoms with Gasteiger partial charge < -0.3 is 19.5 Å². The summed E-state index contributed by atoms with van der Waals surface area (Å²) in [6.45, 7) is 0.919. The Kier molecular flexibility index (Phi) is 4.24. The van der Waals surface area contributed by atoms with Gasteiger partial charge in [0, 0.05) is 43.7 Å². The molecule has 2 bridgehead atoms. The van der Waals surface area contributed by atoms with E-state index >= 15 is 0 Å². The van der Waals surface area contributed by atoms with E-state index in [0.717, 1.165) is 18.7 Å². The number of benzene rings is 1. The van der Waals surface area contributed by atoms with Crippen LogP contribution >= 0.6 is 0 Å². The van der Waals surface area contributed by atoms with Gasteiger partial charge in [-0.25, -0.2) is 9.37 Å². The molecule has 1 saturated carbocycles. The van der Waals surface area contributed by atoms with Gasteiger partial charge in [-0.1, -0.05) is 0 Å². The van der Waals surface area contributed by atoms with Gasteiger partial charge in [-0.3, -0.25) is 0 Å². The zero-order chi connectivity index (χ0) is 20.1. The third-order valence-electron chi connectivity index (χ3n) is 6.33. The lowest BCUT2D eigenvalue weighted by Gasteiger charge is -2.37. The lowest BCUT2D eigenvalue weighted by atomic mass is 10.0. The fraction of sp³-hybridized carbons (Fsp3) is 0.381. The normalized spacial score (nSPS) is 26.2. The summed E-state index contributed by atoms with van der Waals surface area (Å²) in [6, 6.07) is 8.85. The van der Waals surface area contributed by atoms with Crippen molar-refractivity contribution < 1.29 is 9.50 Å². The monoisotopic (exact) mass is 394 g/mol. The number of halogens is 1. The van der Waals surface area contributed by atoms with E-state index in [1.165, 1.54) is 0 Å². The average Bonchev–Trinajstić information content (AvgIpc) is 3.44. The van der Waals surface area contributed by atoms with Gasteiger partial charge in [0.25, 0.3) is 0 Å².